The van der Waals surface area contributed by atoms with Gasteiger partial charge in [0.1, 0.15) is 0 Å². The first-order valence-corrected chi connectivity index (χ1v) is 9.76. The Hall–Kier alpha value is -1.60. The van der Waals surface area contributed by atoms with Crippen LogP contribution in [-0.4, -0.2) is 24.5 Å². The van der Waals surface area contributed by atoms with Crippen molar-refractivity contribution in [2.75, 3.05) is 19.6 Å². The van der Waals surface area contributed by atoms with Crippen LogP contribution < -0.4 is 0 Å². The predicted octanol–water partition coefficient (Wildman–Crippen LogP) is 5.51. The lowest BCUT2D eigenvalue weighted by Crippen LogP contribution is -2.38. The van der Waals surface area contributed by atoms with Crippen molar-refractivity contribution in [1.82, 2.24) is 4.90 Å². The molecule has 0 aromatic heterocycles. The van der Waals surface area contributed by atoms with E-state index in [-0.39, 0.29) is 0 Å². The summed E-state index contributed by atoms with van der Waals surface area (Å²) >= 11 is 0. The monoisotopic (exact) mass is 317 g/mol. The van der Waals surface area contributed by atoms with Gasteiger partial charge in [0.2, 0.25) is 0 Å². The molecular formula is C23H27N. The van der Waals surface area contributed by atoms with Gasteiger partial charge in [-0.2, -0.15) is 0 Å². The topological polar surface area (TPSA) is 3.24 Å². The minimum atomic E-state index is 0.475. The molecular weight excluding hydrogens is 290 g/mol. The van der Waals surface area contributed by atoms with E-state index in [0.717, 1.165) is 5.92 Å². The van der Waals surface area contributed by atoms with Gasteiger partial charge in [-0.1, -0.05) is 48.9 Å². The lowest BCUT2D eigenvalue weighted by molar-refractivity contribution is 0.164. The standard InChI is InChI=1S/C23H27N/c1-4-12-24(13-5-1)17-23-11-10-21(15-23)22(16-23)20-9-8-18-6-2-3-7-19(18)14-20/h2-3,6-9,14,16,21H,1,4-5,10-13,15,17H2. The van der Waals surface area contributed by atoms with Gasteiger partial charge in [-0.05, 0) is 79.1 Å². The Labute approximate surface area is 145 Å². The second-order valence-electron chi connectivity index (χ2n) is 8.30. The minimum absolute atomic E-state index is 0.475. The molecule has 0 amide bonds. The van der Waals surface area contributed by atoms with E-state index < -0.39 is 0 Å². The van der Waals surface area contributed by atoms with E-state index in [1.807, 2.05) is 0 Å². The zero-order chi connectivity index (χ0) is 16.0. The number of allylic oxidation sites excluding steroid dienone is 1. The number of benzene rings is 2. The number of hydrogen-bond acceptors (Lipinski definition) is 1. The zero-order valence-electron chi connectivity index (χ0n) is 14.5. The van der Waals surface area contributed by atoms with Crippen LogP contribution in [0.3, 0.4) is 0 Å². The first kappa shape index (κ1) is 14.7. The van der Waals surface area contributed by atoms with Crippen molar-refractivity contribution in [3.05, 3.63) is 54.1 Å². The molecule has 0 spiro atoms. The summed E-state index contributed by atoms with van der Waals surface area (Å²) in [6, 6.07) is 15.8. The highest BCUT2D eigenvalue weighted by molar-refractivity contribution is 5.87. The van der Waals surface area contributed by atoms with E-state index in [1.165, 1.54) is 74.5 Å². The third-order valence-corrected chi connectivity index (χ3v) is 6.62. The van der Waals surface area contributed by atoms with Crippen LogP contribution >= 0.6 is 0 Å². The lowest BCUT2D eigenvalue weighted by atomic mass is 9.84. The predicted molar refractivity (Wildman–Crippen MR) is 102 cm³/mol. The molecule has 1 nitrogen and oxygen atoms in total. The first-order valence-electron chi connectivity index (χ1n) is 9.76. The van der Waals surface area contributed by atoms with Crippen molar-refractivity contribution in [1.29, 1.82) is 0 Å². The largest absolute Gasteiger partial charge is 0.302 e. The Kier molecular flexibility index (Phi) is 3.52. The molecule has 0 radical (unpaired) electrons. The van der Waals surface area contributed by atoms with Gasteiger partial charge in [-0.15, -0.1) is 0 Å². The van der Waals surface area contributed by atoms with E-state index in [1.54, 1.807) is 5.57 Å². The fourth-order valence-electron chi connectivity index (χ4n) is 5.44. The molecule has 2 bridgehead atoms. The molecule has 2 aliphatic carbocycles. The molecule has 2 atom stereocenters. The van der Waals surface area contributed by atoms with Gasteiger partial charge >= 0.3 is 0 Å². The Morgan fingerprint density at radius 3 is 2.67 bits per heavy atom. The average Bonchev–Trinajstić information content (AvgIpc) is 3.20. The highest BCUT2D eigenvalue weighted by atomic mass is 15.1. The van der Waals surface area contributed by atoms with E-state index >= 15 is 0 Å². The normalized spacial score (nSPS) is 30.0. The summed E-state index contributed by atoms with van der Waals surface area (Å²) in [7, 11) is 0. The number of nitrogens with zero attached hydrogens (tertiary/aromatic N) is 1. The number of likely N-dealkylation sites (tertiary alicyclic amines) is 1. The molecule has 24 heavy (non-hydrogen) atoms. The van der Waals surface area contributed by atoms with Crippen LogP contribution in [0, 0.1) is 11.3 Å². The zero-order valence-corrected chi connectivity index (χ0v) is 14.5. The van der Waals surface area contributed by atoms with Crippen LogP contribution in [0.15, 0.2) is 48.5 Å². The maximum atomic E-state index is 2.74. The van der Waals surface area contributed by atoms with Crippen molar-refractivity contribution in [2.45, 2.75) is 38.5 Å². The summed E-state index contributed by atoms with van der Waals surface area (Å²) < 4.78 is 0. The third-order valence-electron chi connectivity index (χ3n) is 6.62. The Morgan fingerprint density at radius 2 is 1.79 bits per heavy atom. The smallest absolute Gasteiger partial charge is 0.00731 e. The quantitative estimate of drug-likeness (QED) is 0.721. The Balaban J connectivity index is 1.45. The second kappa shape index (κ2) is 5.74. The first-order chi connectivity index (χ1) is 11.8. The van der Waals surface area contributed by atoms with Gasteiger partial charge < -0.3 is 4.90 Å². The maximum Gasteiger partial charge on any atom is 0.00731 e. The number of hydrogen-bond donors (Lipinski definition) is 0. The van der Waals surface area contributed by atoms with E-state index in [2.05, 4.69) is 53.4 Å². The molecule has 3 aliphatic rings. The molecule has 2 aromatic carbocycles. The van der Waals surface area contributed by atoms with Crippen LogP contribution in [0.4, 0.5) is 0 Å². The van der Waals surface area contributed by atoms with Gasteiger partial charge in [0.05, 0.1) is 0 Å². The van der Waals surface area contributed by atoms with Crippen molar-refractivity contribution >= 4 is 16.3 Å². The molecule has 5 rings (SSSR count). The van der Waals surface area contributed by atoms with E-state index in [9.17, 15) is 0 Å². The van der Waals surface area contributed by atoms with Gasteiger partial charge in [-0.3, -0.25) is 0 Å². The third kappa shape index (κ3) is 2.50. The van der Waals surface area contributed by atoms with Crippen molar-refractivity contribution in [2.24, 2.45) is 11.3 Å². The summed E-state index contributed by atoms with van der Waals surface area (Å²) in [6.07, 6.45) is 11.1. The highest BCUT2D eigenvalue weighted by Crippen LogP contribution is 2.56. The molecule has 2 fully saturated rings. The molecule has 1 heteroatoms. The van der Waals surface area contributed by atoms with Crippen LogP contribution in [0.25, 0.3) is 16.3 Å². The van der Waals surface area contributed by atoms with Crippen LogP contribution in [-0.2, 0) is 0 Å². The van der Waals surface area contributed by atoms with Gasteiger partial charge in [-0.25, -0.2) is 0 Å². The van der Waals surface area contributed by atoms with E-state index in [4.69, 9.17) is 0 Å². The molecule has 1 heterocycles. The summed E-state index contributed by atoms with van der Waals surface area (Å²) in [5.74, 6) is 0.802. The minimum Gasteiger partial charge on any atom is -0.302 e. The van der Waals surface area contributed by atoms with Crippen molar-refractivity contribution in [3.63, 3.8) is 0 Å². The summed E-state index contributed by atoms with van der Waals surface area (Å²) in [5.41, 5.74) is 3.59. The molecule has 2 unspecified atom stereocenters. The van der Waals surface area contributed by atoms with Crippen molar-refractivity contribution in [3.8, 4) is 0 Å². The average molecular weight is 317 g/mol. The molecule has 1 saturated carbocycles. The number of rotatable bonds is 3. The number of fused-ring (bicyclic) bond motifs is 3. The van der Waals surface area contributed by atoms with Crippen LogP contribution in [0.1, 0.15) is 44.1 Å². The summed E-state index contributed by atoms with van der Waals surface area (Å²) in [5, 5.41) is 2.73. The molecule has 124 valence electrons. The fraction of sp³-hybridized carbons (Fsp3) is 0.478. The van der Waals surface area contributed by atoms with E-state index in [0.29, 0.717) is 5.41 Å². The molecule has 1 aliphatic heterocycles. The van der Waals surface area contributed by atoms with Gasteiger partial charge in [0.15, 0.2) is 0 Å². The van der Waals surface area contributed by atoms with Crippen LogP contribution in [0.2, 0.25) is 0 Å². The van der Waals surface area contributed by atoms with Gasteiger partial charge in [0.25, 0.3) is 0 Å². The summed E-state index contributed by atoms with van der Waals surface area (Å²) in [6.45, 7) is 3.96. The second-order valence-corrected chi connectivity index (χ2v) is 8.30. The molecule has 2 aromatic rings. The lowest BCUT2D eigenvalue weighted by Gasteiger charge is -2.34. The molecule has 0 N–H and O–H groups in total. The van der Waals surface area contributed by atoms with Crippen LogP contribution in [0.5, 0.6) is 0 Å². The number of piperidine rings is 1. The fourth-order valence-corrected chi connectivity index (χ4v) is 5.44. The Bertz CT molecular complexity index is 783. The molecule has 1 saturated heterocycles. The Morgan fingerprint density at radius 1 is 0.958 bits per heavy atom. The highest BCUT2D eigenvalue weighted by Gasteiger charge is 2.45. The SMILES string of the molecule is C1=C(c2ccc3ccccc3c2)C2CCC1(CN1CCCCC1)C2. The van der Waals surface area contributed by atoms with Gasteiger partial charge in [0, 0.05) is 12.0 Å². The van der Waals surface area contributed by atoms with Crippen molar-refractivity contribution < 1.29 is 0 Å². The summed E-state index contributed by atoms with van der Waals surface area (Å²) in [4.78, 5) is 2.74. The maximum absolute atomic E-state index is 2.74.